The third-order valence-corrected chi connectivity index (χ3v) is 7.23. The fourth-order valence-corrected chi connectivity index (χ4v) is 4.89. The minimum atomic E-state index is -1.03. The second-order valence-electron chi connectivity index (χ2n) is 11.5. The van der Waals surface area contributed by atoms with Gasteiger partial charge in [0.05, 0.1) is 18.9 Å². The minimum absolute atomic E-state index is 0.0120. The number of ether oxygens (including phenoxy) is 2. The highest BCUT2D eigenvalue weighted by Crippen LogP contribution is 2.27. The maximum atomic E-state index is 12.1. The zero-order valence-electron chi connectivity index (χ0n) is 28.6. The van der Waals surface area contributed by atoms with Crippen LogP contribution in [-0.4, -0.2) is 67.9 Å². The van der Waals surface area contributed by atoms with E-state index in [-0.39, 0.29) is 25.5 Å². The summed E-state index contributed by atoms with van der Waals surface area (Å²) in [5.41, 5.74) is 10.5. The Bertz CT molecular complexity index is 1540. The van der Waals surface area contributed by atoms with Gasteiger partial charge in [0, 0.05) is 24.2 Å². The first kappa shape index (κ1) is 40.0. The average Bonchev–Trinajstić information content (AvgIpc) is 3.36. The molecular formula is C33H47N7O9. The van der Waals surface area contributed by atoms with Gasteiger partial charge in [0.15, 0.2) is 5.84 Å². The van der Waals surface area contributed by atoms with E-state index in [0.717, 1.165) is 46.2 Å². The number of nitrogens with two attached hydrogens (primary N) is 2. The number of aliphatic hydroxyl groups is 1. The molecule has 0 spiro atoms. The third kappa shape index (κ3) is 12.7. The van der Waals surface area contributed by atoms with E-state index in [1.807, 2.05) is 43.3 Å². The minimum Gasteiger partial charge on any atom is -0.483 e. The molecule has 1 aromatic heterocycles. The predicted molar refractivity (Wildman–Crippen MR) is 181 cm³/mol. The Labute approximate surface area is 285 Å². The van der Waals surface area contributed by atoms with Gasteiger partial charge >= 0.3 is 6.16 Å². The fraction of sp³-hybridized carbons (Fsp3) is 0.455. The third-order valence-electron chi connectivity index (χ3n) is 7.23. The Kier molecular flexibility index (Phi) is 16.0. The van der Waals surface area contributed by atoms with E-state index in [1.165, 1.54) is 6.92 Å². The second kappa shape index (κ2) is 19.6. The molecule has 16 heteroatoms. The summed E-state index contributed by atoms with van der Waals surface area (Å²) >= 11 is 0. The lowest BCUT2D eigenvalue weighted by atomic mass is 9.98. The molecule has 2 aromatic carbocycles. The van der Waals surface area contributed by atoms with Gasteiger partial charge in [-0.25, -0.2) is 15.6 Å². The van der Waals surface area contributed by atoms with Crippen molar-refractivity contribution in [3.05, 3.63) is 87.0 Å². The van der Waals surface area contributed by atoms with Gasteiger partial charge in [0.2, 0.25) is 6.23 Å². The first-order chi connectivity index (χ1) is 23.2. The molecule has 0 fully saturated rings. The van der Waals surface area contributed by atoms with Gasteiger partial charge in [-0.15, -0.1) is 15.2 Å². The number of hydrazine groups is 1. The zero-order chi connectivity index (χ0) is 36.6. The second-order valence-corrected chi connectivity index (χ2v) is 11.5. The van der Waals surface area contributed by atoms with E-state index in [2.05, 4.69) is 33.6 Å². The van der Waals surface area contributed by atoms with Crippen LogP contribution in [0, 0.1) is 17.0 Å². The van der Waals surface area contributed by atoms with E-state index in [9.17, 15) is 20.0 Å². The summed E-state index contributed by atoms with van der Waals surface area (Å²) in [6, 6.07) is 15.6. The van der Waals surface area contributed by atoms with Gasteiger partial charge in [-0.1, -0.05) is 55.5 Å². The maximum Gasteiger partial charge on any atom is 0.510 e. The molecule has 0 radical (unpaired) electrons. The Hall–Kier alpha value is -5.22. The van der Waals surface area contributed by atoms with E-state index in [1.54, 1.807) is 13.8 Å². The normalized spacial score (nSPS) is 11.9. The Balaban J connectivity index is 0.00000267. The van der Waals surface area contributed by atoms with Crippen molar-refractivity contribution in [3.8, 4) is 11.1 Å². The van der Waals surface area contributed by atoms with E-state index < -0.39 is 23.1 Å². The van der Waals surface area contributed by atoms with Gasteiger partial charge in [-0.3, -0.25) is 4.79 Å². The molecule has 268 valence electrons. The summed E-state index contributed by atoms with van der Waals surface area (Å²) in [5.74, 6) is 7.11. The number of nitrogens with zero attached hydrogens (tertiary/aromatic N) is 5. The van der Waals surface area contributed by atoms with E-state index >= 15 is 0 Å². The van der Waals surface area contributed by atoms with Crippen LogP contribution in [-0.2, 0) is 37.7 Å². The molecule has 0 aliphatic carbocycles. The lowest BCUT2D eigenvalue weighted by Gasteiger charge is -2.21. The molecule has 16 nitrogen and oxygen atoms in total. The first-order valence-corrected chi connectivity index (χ1v) is 15.8. The molecular weight excluding hydrogens is 638 g/mol. The van der Waals surface area contributed by atoms with Crippen molar-refractivity contribution in [1.82, 2.24) is 14.7 Å². The van der Waals surface area contributed by atoms with Crippen molar-refractivity contribution in [2.75, 3.05) is 13.2 Å². The average molecular weight is 686 g/mol. The molecule has 0 saturated heterocycles. The number of unbranched alkanes of at least 4 members (excludes halogenated alkanes) is 2. The summed E-state index contributed by atoms with van der Waals surface area (Å²) in [5, 5.41) is 32.0. The summed E-state index contributed by atoms with van der Waals surface area (Å²) in [7, 11) is 0. The monoisotopic (exact) mass is 685 g/mol. The van der Waals surface area contributed by atoms with Crippen molar-refractivity contribution in [2.24, 2.45) is 16.7 Å². The highest BCUT2D eigenvalue weighted by atomic mass is 16.9. The van der Waals surface area contributed by atoms with Gasteiger partial charge < -0.3 is 34.8 Å². The van der Waals surface area contributed by atoms with Crippen LogP contribution in [0.2, 0.25) is 0 Å². The molecule has 0 aliphatic heterocycles. The lowest BCUT2D eigenvalue weighted by Crippen LogP contribution is -2.40. The number of aromatic nitrogens is 2. The number of rotatable bonds is 17. The topological polar surface area (TPSA) is 231 Å². The predicted octanol–water partition coefficient (Wildman–Crippen LogP) is 4.46. The smallest absolute Gasteiger partial charge is 0.483 e. The van der Waals surface area contributed by atoms with E-state index in [4.69, 9.17) is 35.9 Å². The largest absolute Gasteiger partial charge is 0.510 e. The molecule has 3 rings (SSSR count). The molecule has 6 N–H and O–H groups in total. The molecule has 0 amide bonds. The standard InChI is InChI=1S/C32H45N7O7.CH2O2/c1-6-12-28-35-29(32(4,5)41)22(2)37(28)21-24-15-17-25(18-16-24)26-13-8-9-14-27(26)30(33)36-38(34)23(3)46-31(40)44-19-10-7-11-20-45-39(42)43;2-1-3/h8-9,13-18,23,41H,6-7,10-12,19-21,34H2,1-5H3,(H2,33,36);1H,(H,2,3). The maximum absolute atomic E-state index is 12.1. The van der Waals surface area contributed by atoms with Crippen LogP contribution in [0.5, 0.6) is 0 Å². The number of carbonyl (C=O) groups is 2. The quantitative estimate of drug-likeness (QED) is 0.0177. The number of hydrogen-bond acceptors (Lipinski definition) is 12. The molecule has 1 heterocycles. The van der Waals surface area contributed by atoms with Crippen molar-refractivity contribution < 1.29 is 39.2 Å². The molecule has 0 bridgehead atoms. The Morgan fingerprint density at radius 3 is 2.41 bits per heavy atom. The van der Waals surface area contributed by atoms with Crippen LogP contribution < -0.4 is 11.6 Å². The van der Waals surface area contributed by atoms with Crippen molar-refractivity contribution in [3.63, 3.8) is 0 Å². The number of imidazole rings is 1. The molecule has 3 aromatic rings. The van der Waals surface area contributed by atoms with Crippen LogP contribution in [0.15, 0.2) is 53.6 Å². The van der Waals surface area contributed by atoms with E-state index in [0.29, 0.717) is 37.1 Å². The SMILES string of the molecule is CCCc1nc(C(C)(C)O)c(C)n1Cc1ccc(-c2ccccc2/C(N)=N/N(N)C(C)OC(=O)OCCCCCO[N+](=O)[O-])cc1.O=CO. The zero-order valence-corrected chi connectivity index (χ0v) is 28.6. The molecule has 1 atom stereocenters. The number of hydrogen-bond donors (Lipinski definition) is 4. The number of aryl methyl sites for hydroxylation is 1. The lowest BCUT2D eigenvalue weighted by molar-refractivity contribution is -0.757. The molecule has 0 saturated carbocycles. The Morgan fingerprint density at radius 1 is 1.16 bits per heavy atom. The highest BCUT2D eigenvalue weighted by Gasteiger charge is 2.25. The fourth-order valence-electron chi connectivity index (χ4n) is 4.89. The summed E-state index contributed by atoms with van der Waals surface area (Å²) in [4.78, 5) is 39.5. The molecule has 0 aliphatic rings. The van der Waals surface area contributed by atoms with Crippen LogP contribution >= 0.6 is 0 Å². The molecule has 49 heavy (non-hydrogen) atoms. The summed E-state index contributed by atoms with van der Waals surface area (Å²) in [6.07, 6.45) is 1.39. The number of carbonyl (C=O) groups excluding carboxylic acids is 1. The summed E-state index contributed by atoms with van der Waals surface area (Å²) < 4.78 is 12.4. The van der Waals surface area contributed by atoms with Gasteiger partial charge in [-0.05, 0) is 70.1 Å². The van der Waals surface area contributed by atoms with Crippen LogP contribution in [0.4, 0.5) is 4.79 Å². The van der Waals surface area contributed by atoms with Crippen molar-refractivity contribution in [2.45, 2.75) is 85.1 Å². The van der Waals surface area contributed by atoms with Crippen molar-refractivity contribution in [1.29, 1.82) is 0 Å². The van der Waals surface area contributed by atoms with Crippen LogP contribution in [0.25, 0.3) is 11.1 Å². The Morgan fingerprint density at radius 2 is 1.80 bits per heavy atom. The van der Waals surface area contributed by atoms with Crippen LogP contribution in [0.3, 0.4) is 0 Å². The summed E-state index contributed by atoms with van der Waals surface area (Å²) in [6.45, 7) is 9.57. The van der Waals surface area contributed by atoms with Gasteiger partial charge in [0.1, 0.15) is 11.4 Å². The number of benzene rings is 2. The number of carboxylic acid groups (broad SMARTS) is 1. The van der Waals surface area contributed by atoms with Gasteiger partial charge in [0.25, 0.3) is 11.6 Å². The van der Waals surface area contributed by atoms with Crippen molar-refractivity contribution >= 4 is 18.5 Å². The first-order valence-electron chi connectivity index (χ1n) is 15.8. The number of hydrazone groups is 1. The van der Waals surface area contributed by atoms with Crippen LogP contribution in [0.1, 0.15) is 81.7 Å². The van der Waals surface area contributed by atoms with Gasteiger partial charge in [-0.2, -0.15) is 5.12 Å². The number of amidine groups is 1. The highest BCUT2D eigenvalue weighted by molar-refractivity contribution is 6.03. The molecule has 1 unspecified atom stereocenters.